The average molecular weight is 490 g/mol. The van der Waals surface area contributed by atoms with Gasteiger partial charge in [-0.1, -0.05) is 12.1 Å². The van der Waals surface area contributed by atoms with Gasteiger partial charge in [0, 0.05) is 30.1 Å². The molecule has 3 N–H and O–H groups in total. The number of nitrogens with zero attached hydrogens (tertiary/aromatic N) is 1. The van der Waals surface area contributed by atoms with Crippen LogP contribution in [0.5, 0.6) is 11.5 Å². The molecule has 0 saturated carbocycles. The molecule has 10 nitrogen and oxygen atoms in total. The standard InChI is InChI=1S/C22H17F3N4O6/c23-22(24,25)35-19-9-5-15(6-10-19)27-20(30)26-13-14-1-3-16(4-2-14)28-21(31)34-18-11-7-17(8-12-18)29(32)33/h1-12H,13H2,(H,28,31)(H2,26,27,30). The quantitative estimate of drug-likeness (QED) is 0.299. The Hall–Kier alpha value is -4.81. The maximum Gasteiger partial charge on any atom is 0.573 e. The number of hydrogen-bond acceptors (Lipinski definition) is 6. The molecular formula is C22H17F3N4O6. The zero-order chi connectivity index (χ0) is 25.4. The fourth-order valence-corrected chi connectivity index (χ4v) is 2.69. The molecule has 0 fully saturated rings. The van der Waals surface area contributed by atoms with Crippen molar-refractivity contribution in [3.8, 4) is 11.5 Å². The van der Waals surface area contributed by atoms with Crippen LogP contribution in [0.1, 0.15) is 5.56 Å². The van der Waals surface area contributed by atoms with Crippen LogP contribution in [0.25, 0.3) is 0 Å². The highest BCUT2D eigenvalue weighted by atomic mass is 19.4. The molecule has 0 aliphatic carbocycles. The predicted octanol–water partition coefficient (Wildman–Crippen LogP) is 5.43. The maximum absolute atomic E-state index is 12.2. The van der Waals surface area contributed by atoms with Crippen LogP contribution in [0, 0.1) is 10.1 Å². The first-order valence-corrected chi connectivity index (χ1v) is 9.80. The van der Waals surface area contributed by atoms with Gasteiger partial charge in [0.2, 0.25) is 0 Å². The molecule has 0 spiro atoms. The Balaban J connectivity index is 1.43. The summed E-state index contributed by atoms with van der Waals surface area (Å²) in [5.74, 6) is -0.281. The van der Waals surface area contributed by atoms with E-state index in [1.807, 2.05) is 0 Å². The van der Waals surface area contributed by atoms with Crippen LogP contribution in [0.15, 0.2) is 72.8 Å². The molecule has 0 unspecified atom stereocenters. The number of amides is 3. The van der Waals surface area contributed by atoms with Gasteiger partial charge in [0.1, 0.15) is 11.5 Å². The van der Waals surface area contributed by atoms with Gasteiger partial charge in [-0.3, -0.25) is 15.4 Å². The summed E-state index contributed by atoms with van der Waals surface area (Å²) in [6, 6.07) is 15.5. The van der Waals surface area contributed by atoms with E-state index >= 15 is 0 Å². The van der Waals surface area contributed by atoms with Gasteiger partial charge < -0.3 is 20.1 Å². The van der Waals surface area contributed by atoms with Crippen LogP contribution in [0.3, 0.4) is 0 Å². The van der Waals surface area contributed by atoms with Gasteiger partial charge in [0.25, 0.3) is 5.69 Å². The highest BCUT2D eigenvalue weighted by Crippen LogP contribution is 2.24. The van der Waals surface area contributed by atoms with Gasteiger partial charge in [-0.2, -0.15) is 0 Å². The normalized spacial score (nSPS) is 10.7. The number of benzene rings is 3. The largest absolute Gasteiger partial charge is 0.573 e. The Morgan fingerprint density at radius 2 is 1.37 bits per heavy atom. The molecule has 0 radical (unpaired) electrons. The highest BCUT2D eigenvalue weighted by Gasteiger charge is 2.30. The summed E-state index contributed by atoms with van der Waals surface area (Å²) >= 11 is 0. The van der Waals surface area contributed by atoms with E-state index < -0.39 is 29.2 Å². The van der Waals surface area contributed by atoms with Crippen LogP contribution in [-0.2, 0) is 6.54 Å². The van der Waals surface area contributed by atoms with Crippen LogP contribution in [0.4, 0.5) is 39.8 Å². The van der Waals surface area contributed by atoms with E-state index in [-0.39, 0.29) is 23.7 Å². The molecule has 0 heterocycles. The van der Waals surface area contributed by atoms with Gasteiger partial charge in [-0.05, 0) is 54.1 Å². The lowest BCUT2D eigenvalue weighted by molar-refractivity contribution is -0.384. The van der Waals surface area contributed by atoms with Crippen molar-refractivity contribution in [1.29, 1.82) is 0 Å². The van der Waals surface area contributed by atoms with Gasteiger partial charge in [0.15, 0.2) is 0 Å². The van der Waals surface area contributed by atoms with Gasteiger partial charge in [0.05, 0.1) is 4.92 Å². The minimum absolute atomic E-state index is 0.127. The topological polar surface area (TPSA) is 132 Å². The molecule has 0 aromatic heterocycles. The average Bonchev–Trinajstić information content (AvgIpc) is 2.79. The molecule has 3 aromatic carbocycles. The zero-order valence-electron chi connectivity index (χ0n) is 17.7. The van der Waals surface area contributed by atoms with Crippen LogP contribution >= 0.6 is 0 Å². The number of halogens is 3. The van der Waals surface area contributed by atoms with Crippen molar-refractivity contribution in [2.45, 2.75) is 12.9 Å². The minimum atomic E-state index is -4.80. The second-order valence-electron chi connectivity index (χ2n) is 6.84. The first-order chi connectivity index (χ1) is 16.6. The van der Waals surface area contributed by atoms with E-state index in [1.165, 1.54) is 36.4 Å². The van der Waals surface area contributed by atoms with Crippen molar-refractivity contribution in [3.05, 3.63) is 88.5 Å². The zero-order valence-corrected chi connectivity index (χ0v) is 17.7. The fourth-order valence-electron chi connectivity index (χ4n) is 2.69. The number of non-ortho nitro benzene ring substituents is 1. The van der Waals surface area contributed by atoms with E-state index in [4.69, 9.17) is 4.74 Å². The van der Waals surface area contributed by atoms with E-state index in [0.29, 0.717) is 11.3 Å². The molecule has 0 bridgehead atoms. The fraction of sp³-hybridized carbons (Fsp3) is 0.0909. The van der Waals surface area contributed by atoms with Crippen molar-refractivity contribution in [3.63, 3.8) is 0 Å². The van der Waals surface area contributed by atoms with E-state index in [2.05, 4.69) is 20.7 Å². The second-order valence-corrected chi connectivity index (χ2v) is 6.84. The number of carbonyl (C=O) groups excluding carboxylic acids is 2. The number of nitro groups is 1. The Labute approximate surface area is 195 Å². The first kappa shape index (κ1) is 24.8. The Morgan fingerprint density at radius 3 is 1.94 bits per heavy atom. The van der Waals surface area contributed by atoms with Crippen LogP contribution < -0.4 is 25.4 Å². The maximum atomic E-state index is 12.2. The molecule has 0 atom stereocenters. The minimum Gasteiger partial charge on any atom is -0.410 e. The number of nitrogens with one attached hydrogen (secondary N) is 3. The monoisotopic (exact) mass is 490 g/mol. The summed E-state index contributed by atoms with van der Waals surface area (Å²) in [5, 5.41) is 18.2. The third-order valence-electron chi connectivity index (χ3n) is 4.26. The Morgan fingerprint density at radius 1 is 0.829 bits per heavy atom. The predicted molar refractivity (Wildman–Crippen MR) is 118 cm³/mol. The van der Waals surface area contributed by atoms with Crippen molar-refractivity contribution in [1.82, 2.24) is 5.32 Å². The number of carbonyl (C=O) groups is 2. The molecule has 182 valence electrons. The van der Waals surface area contributed by atoms with Gasteiger partial charge in [-0.25, -0.2) is 9.59 Å². The van der Waals surface area contributed by atoms with Gasteiger partial charge >= 0.3 is 18.5 Å². The van der Waals surface area contributed by atoms with Crippen molar-refractivity contribution in [2.75, 3.05) is 10.6 Å². The molecule has 13 heteroatoms. The van der Waals surface area contributed by atoms with Crippen molar-refractivity contribution >= 4 is 29.2 Å². The molecule has 35 heavy (non-hydrogen) atoms. The lowest BCUT2D eigenvalue weighted by Crippen LogP contribution is -2.28. The third kappa shape index (κ3) is 8.24. The summed E-state index contributed by atoms with van der Waals surface area (Å²) in [7, 11) is 0. The first-order valence-electron chi connectivity index (χ1n) is 9.80. The number of hydrogen-bond donors (Lipinski definition) is 3. The van der Waals surface area contributed by atoms with E-state index in [1.54, 1.807) is 24.3 Å². The molecule has 3 rings (SSSR count). The summed E-state index contributed by atoms with van der Waals surface area (Å²) in [4.78, 5) is 34.0. The number of nitro benzene ring substituents is 1. The van der Waals surface area contributed by atoms with Crippen LogP contribution in [-0.4, -0.2) is 23.4 Å². The highest BCUT2D eigenvalue weighted by molar-refractivity contribution is 5.89. The number of anilines is 2. The number of rotatable bonds is 7. The number of ether oxygens (including phenoxy) is 2. The Bertz CT molecular complexity index is 1180. The Kier molecular flexibility index (Phi) is 7.71. The lowest BCUT2D eigenvalue weighted by Gasteiger charge is -2.11. The summed E-state index contributed by atoms with van der Waals surface area (Å²) in [6.07, 6.45) is -5.60. The number of urea groups is 1. The van der Waals surface area contributed by atoms with E-state index in [0.717, 1.165) is 12.1 Å². The van der Waals surface area contributed by atoms with E-state index in [9.17, 15) is 32.9 Å². The summed E-state index contributed by atoms with van der Waals surface area (Å²) in [5.41, 5.74) is 1.24. The molecule has 3 aromatic rings. The van der Waals surface area contributed by atoms with Crippen LogP contribution in [0.2, 0.25) is 0 Å². The SMILES string of the molecule is O=C(NCc1ccc(NC(=O)Oc2ccc([N+](=O)[O-])cc2)cc1)Nc1ccc(OC(F)(F)F)cc1. The number of alkyl halides is 3. The van der Waals surface area contributed by atoms with Crippen molar-refractivity contribution in [2.24, 2.45) is 0 Å². The molecule has 0 saturated heterocycles. The third-order valence-corrected chi connectivity index (χ3v) is 4.26. The lowest BCUT2D eigenvalue weighted by atomic mass is 10.2. The molecule has 0 aliphatic heterocycles. The summed E-state index contributed by atoms with van der Waals surface area (Å²) in [6.45, 7) is 0.134. The van der Waals surface area contributed by atoms with Gasteiger partial charge in [-0.15, -0.1) is 13.2 Å². The molecule has 0 aliphatic rings. The van der Waals surface area contributed by atoms with Crippen molar-refractivity contribution < 1.29 is 37.2 Å². The molecular weight excluding hydrogens is 473 g/mol. The molecule has 3 amide bonds. The summed E-state index contributed by atoms with van der Waals surface area (Å²) < 4.78 is 45.3. The smallest absolute Gasteiger partial charge is 0.410 e. The second kappa shape index (κ2) is 10.9.